The number of likely N-dealkylation sites (N-methyl/N-ethyl adjacent to an activating group) is 1. The van der Waals surface area contributed by atoms with Crippen molar-refractivity contribution < 1.29 is 14.3 Å². The number of nitrogens with zero attached hydrogens (tertiary/aromatic N) is 1. The van der Waals surface area contributed by atoms with Gasteiger partial charge in [0, 0.05) is 10.6 Å². The predicted octanol–water partition coefficient (Wildman–Crippen LogP) is 5.05. The fraction of sp³-hybridized carbons (Fsp3) is 0.520. The molecule has 0 saturated carbocycles. The van der Waals surface area contributed by atoms with E-state index in [1.165, 1.54) is 4.88 Å². The van der Waals surface area contributed by atoms with Gasteiger partial charge >= 0.3 is 0 Å². The molecule has 2 amide bonds. The minimum absolute atomic E-state index is 0.115. The summed E-state index contributed by atoms with van der Waals surface area (Å²) in [4.78, 5) is 28.9. The number of hydrogen-bond donors (Lipinski definition) is 2. The predicted molar refractivity (Wildman–Crippen MR) is 132 cm³/mol. The Morgan fingerprint density at radius 1 is 1.16 bits per heavy atom. The fourth-order valence-corrected chi connectivity index (χ4v) is 5.44. The lowest BCUT2D eigenvalue weighted by Crippen LogP contribution is -2.28. The molecule has 6 nitrogen and oxygen atoms in total. The second-order valence-electron chi connectivity index (χ2n) is 9.71. The maximum absolute atomic E-state index is 13.4. The molecular weight excluding hydrogens is 422 g/mol. The second-order valence-corrected chi connectivity index (χ2v) is 10.8. The standard InChI is InChI=1S/C25H35N3O3S/c1-7-31-18-11-9-17(10-12-18)26-23(30)22-19-13-8-16(25(2,3)4)14-20(19)32-24(22)27-21(29)15-28(5)6/h9-12,16H,7-8,13-15H2,1-6H3,(H,26,30)(H,27,29). The van der Waals surface area contributed by atoms with E-state index in [2.05, 4.69) is 31.4 Å². The fourth-order valence-electron chi connectivity index (χ4n) is 4.10. The summed E-state index contributed by atoms with van der Waals surface area (Å²) in [6.45, 7) is 9.62. The Hall–Kier alpha value is -2.38. The van der Waals surface area contributed by atoms with Crippen LogP contribution in [0.25, 0.3) is 0 Å². The van der Waals surface area contributed by atoms with Crippen LogP contribution in [0.5, 0.6) is 5.75 Å². The van der Waals surface area contributed by atoms with E-state index >= 15 is 0 Å². The highest BCUT2D eigenvalue weighted by Crippen LogP contribution is 2.44. The number of nitrogens with one attached hydrogen (secondary N) is 2. The van der Waals surface area contributed by atoms with Gasteiger partial charge in [-0.15, -0.1) is 11.3 Å². The zero-order chi connectivity index (χ0) is 23.5. The molecule has 1 atom stereocenters. The van der Waals surface area contributed by atoms with Crippen molar-refractivity contribution in [2.45, 2.75) is 47.0 Å². The van der Waals surface area contributed by atoms with Gasteiger partial charge in [0.25, 0.3) is 5.91 Å². The van der Waals surface area contributed by atoms with Crippen LogP contribution in [0.4, 0.5) is 10.7 Å². The monoisotopic (exact) mass is 457 g/mol. The summed E-state index contributed by atoms with van der Waals surface area (Å²) in [5.74, 6) is 1.03. The van der Waals surface area contributed by atoms with Gasteiger partial charge in [-0.05, 0) is 81.4 Å². The molecule has 3 rings (SSSR count). The lowest BCUT2D eigenvalue weighted by Gasteiger charge is -2.33. The molecule has 1 unspecified atom stereocenters. The van der Waals surface area contributed by atoms with Crippen molar-refractivity contribution in [2.75, 3.05) is 37.9 Å². The highest BCUT2D eigenvalue weighted by molar-refractivity contribution is 7.17. The van der Waals surface area contributed by atoms with Gasteiger partial charge < -0.3 is 20.3 Å². The summed E-state index contributed by atoms with van der Waals surface area (Å²) in [5.41, 5.74) is 2.60. The molecule has 0 fully saturated rings. The number of anilines is 2. The third-order valence-electron chi connectivity index (χ3n) is 5.85. The minimum Gasteiger partial charge on any atom is -0.494 e. The summed E-state index contributed by atoms with van der Waals surface area (Å²) in [6, 6.07) is 7.36. The Labute approximate surface area is 195 Å². The van der Waals surface area contributed by atoms with Crippen molar-refractivity contribution in [3.05, 3.63) is 40.3 Å². The van der Waals surface area contributed by atoms with Gasteiger partial charge in [-0.1, -0.05) is 20.8 Å². The number of carbonyl (C=O) groups excluding carboxylic acids is 2. The minimum atomic E-state index is -0.180. The largest absolute Gasteiger partial charge is 0.494 e. The Balaban J connectivity index is 1.89. The van der Waals surface area contributed by atoms with Crippen molar-refractivity contribution in [2.24, 2.45) is 11.3 Å². The number of ether oxygens (including phenoxy) is 1. The topological polar surface area (TPSA) is 70.7 Å². The van der Waals surface area contributed by atoms with Gasteiger partial charge in [0.05, 0.1) is 18.7 Å². The Kier molecular flexibility index (Phi) is 7.62. The van der Waals surface area contributed by atoms with E-state index in [1.807, 2.05) is 50.2 Å². The first-order valence-corrected chi connectivity index (χ1v) is 12.0. The highest BCUT2D eigenvalue weighted by atomic mass is 32.1. The molecule has 0 radical (unpaired) electrons. The zero-order valence-electron chi connectivity index (χ0n) is 20.0. The van der Waals surface area contributed by atoms with Crippen molar-refractivity contribution >= 4 is 33.8 Å². The molecule has 2 aromatic rings. The summed E-state index contributed by atoms with van der Waals surface area (Å²) in [6.07, 6.45) is 2.83. The van der Waals surface area contributed by atoms with Crippen LogP contribution in [0.3, 0.4) is 0 Å². The summed E-state index contributed by atoms with van der Waals surface area (Å²) in [7, 11) is 3.71. The lowest BCUT2D eigenvalue weighted by atomic mass is 9.72. The van der Waals surface area contributed by atoms with E-state index in [1.54, 1.807) is 11.3 Å². The molecule has 7 heteroatoms. The first-order chi connectivity index (χ1) is 15.1. The molecule has 1 heterocycles. The summed E-state index contributed by atoms with van der Waals surface area (Å²) < 4.78 is 5.48. The van der Waals surface area contributed by atoms with E-state index in [9.17, 15) is 9.59 Å². The molecule has 1 aromatic heterocycles. The van der Waals surface area contributed by atoms with Crippen molar-refractivity contribution in [1.29, 1.82) is 0 Å². The van der Waals surface area contributed by atoms with Gasteiger partial charge in [-0.25, -0.2) is 0 Å². The maximum atomic E-state index is 13.4. The van der Waals surface area contributed by atoms with E-state index in [0.717, 1.165) is 30.6 Å². The molecule has 1 aromatic carbocycles. The molecule has 0 aliphatic heterocycles. The average molecular weight is 458 g/mol. The number of amides is 2. The third-order valence-corrected chi connectivity index (χ3v) is 7.02. The number of benzene rings is 1. The summed E-state index contributed by atoms with van der Waals surface area (Å²) in [5, 5.41) is 6.67. The van der Waals surface area contributed by atoms with Crippen LogP contribution >= 0.6 is 11.3 Å². The molecule has 174 valence electrons. The van der Waals surface area contributed by atoms with Gasteiger partial charge in [-0.3, -0.25) is 9.59 Å². The van der Waals surface area contributed by atoms with Crippen LogP contribution in [-0.2, 0) is 17.6 Å². The Bertz CT molecular complexity index is 958. The summed E-state index contributed by atoms with van der Waals surface area (Å²) >= 11 is 1.55. The first-order valence-electron chi connectivity index (χ1n) is 11.2. The molecular formula is C25H35N3O3S. The van der Waals surface area contributed by atoms with Crippen molar-refractivity contribution in [3.8, 4) is 5.75 Å². The van der Waals surface area contributed by atoms with Crippen LogP contribution in [0.1, 0.15) is 54.9 Å². The van der Waals surface area contributed by atoms with E-state index in [0.29, 0.717) is 28.8 Å². The van der Waals surface area contributed by atoms with Crippen LogP contribution in [0.2, 0.25) is 0 Å². The SMILES string of the molecule is CCOc1ccc(NC(=O)c2c(NC(=O)CN(C)C)sc3c2CCC(C(C)(C)C)C3)cc1. The number of fused-ring (bicyclic) bond motifs is 1. The molecule has 32 heavy (non-hydrogen) atoms. The number of carbonyl (C=O) groups is 2. The first kappa shape index (κ1) is 24.3. The van der Waals surface area contributed by atoms with Gasteiger partial charge in [-0.2, -0.15) is 0 Å². The van der Waals surface area contributed by atoms with Crippen LogP contribution in [-0.4, -0.2) is 44.0 Å². The van der Waals surface area contributed by atoms with Gasteiger partial charge in [0.2, 0.25) is 5.91 Å². The highest BCUT2D eigenvalue weighted by Gasteiger charge is 2.34. The Morgan fingerprint density at radius 2 is 1.84 bits per heavy atom. The number of thiophene rings is 1. The molecule has 0 spiro atoms. The molecule has 1 aliphatic rings. The zero-order valence-corrected chi connectivity index (χ0v) is 20.8. The van der Waals surface area contributed by atoms with Gasteiger partial charge in [0.15, 0.2) is 0 Å². The lowest BCUT2D eigenvalue weighted by molar-refractivity contribution is -0.116. The maximum Gasteiger partial charge on any atom is 0.258 e. The molecule has 1 aliphatic carbocycles. The van der Waals surface area contributed by atoms with Crippen molar-refractivity contribution in [1.82, 2.24) is 4.90 Å². The quantitative estimate of drug-likeness (QED) is 0.610. The van der Waals surface area contributed by atoms with Crippen LogP contribution in [0, 0.1) is 11.3 Å². The average Bonchev–Trinajstić information content (AvgIpc) is 3.05. The number of hydrogen-bond acceptors (Lipinski definition) is 5. The molecule has 0 saturated heterocycles. The number of rotatable bonds is 7. The van der Waals surface area contributed by atoms with Crippen LogP contribution in [0.15, 0.2) is 24.3 Å². The Morgan fingerprint density at radius 3 is 2.44 bits per heavy atom. The smallest absolute Gasteiger partial charge is 0.258 e. The normalized spacial score (nSPS) is 15.9. The van der Waals surface area contributed by atoms with Crippen molar-refractivity contribution in [3.63, 3.8) is 0 Å². The van der Waals surface area contributed by atoms with E-state index < -0.39 is 0 Å². The molecule has 0 bridgehead atoms. The third kappa shape index (κ3) is 5.90. The van der Waals surface area contributed by atoms with E-state index in [4.69, 9.17) is 4.74 Å². The second kappa shape index (κ2) is 10.0. The van der Waals surface area contributed by atoms with Crippen LogP contribution < -0.4 is 15.4 Å². The molecule has 2 N–H and O–H groups in total. The van der Waals surface area contributed by atoms with Gasteiger partial charge in [0.1, 0.15) is 10.8 Å². The van der Waals surface area contributed by atoms with E-state index in [-0.39, 0.29) is 23.8 Å².